The Balaban J connectivity index is 2.82. The molecule has 0 radical (unpaired) electrons. The molecule has 19 heavy (non-hydrogen) atoms. The van der Waals surface area contributed by atoms with Gasteiger partial charge in [0.25, 0.3) is 0 Å². The van der Waals surface area contributed by atoms with Crippen LogP contribution in [0.1, 0.15) is 0 Å². The van der Waals surface area contributed by atoms with E-state index in [4.69, 9.17) is 81.8 Å². The molecule has 1 saturated heterocycles. The number of hydrogen-bond donors (Lipinski definition) is 2. The molecule has 0 amide bonds. The molecular formula is C7H8Cl6N2O2S2. The van der Waals surface area contributed by atoms with Gasteiger partial charge in [0.15, 0.2) is 12.5 Å². The first-order valence-electron chi connectivity index (χ1n) is 4.61. The molecule has 1 fully saturated rings. The molecule has 0 unspecified atom stereocenters. The standard InChI is InChI=1S/C7H8Cl6N2O2S2/c8-6(9,10)3(16)14-1-15(5(18)19-2-14)4(17)7(11,12)13/h3-4,16-17H,1-2H2/t3-,4+/m1/s1. The van der Waals surface area contributed by atoms with Crippen LogP contribution >= 0.6 is 93.6 Å². The minimum atomic E-state index is -1.96. The minimum absolute atomic E-state index is 0.0456. The van der Waals surface area contributed by atoms with Crippen LogP contribution < -0.4 is 0 Å². The fraction of sp³-hybridized carbons (Fsp3) is 0.857. The Bertz CT molecular complexity index is 349. The van der Waals surface area contributed by atoms with Crippen molar-refractivity contribution in [3.63, 3.8) is 0 Å². The van der Waals surface area contributed by atoms with Crippen molar-refractivity contribution in [3.05, 3.63) is 0 Å². The number of nitrogens with zero attached hydrogens (tertiary/aromatic N) is 2. The second-order valence-electron chi connectivity index (χ2n) is 3.57. The van der Waals surface area contributed by atoms with E-state index in [1.807, 2.05) is 0 Å². The topological polar surface area (TPSA) is 46.9 Å². The lowest BCUT2D eigenvalue weighted by atomic mass is 10.5. The number of aliphatic hydroxyl groups excluding tert-OH is 2. The molecule has 2 N–H and O–H groups in total. The molecular weight excluding hydrogens is 421 g/mol. The summed E-state index contributed by atoms with van der Waals surface area (Å²) in [6, 6.07) is 0. The van der Waals surface area contributed by atoms with Gasteiger partial charge in [-0.3, -0.25) is 0 Å². The molecule has 1 aliphatic rings. The summed E-state index contributed by atoms with van der Waals surface area (Å²) in [5.41, 5.74) is 0. The molecule has 1 aliphatic heterocycles. The Morgan fingerprint density at radius 3 is 1.95 bits per heavy atom. The van der Waals surface area contributed by atoms with Gasteiger partial charge in [0.1, 0.15) is 4.32 Å². The van der Waals surface area contributed by atoms with E-state index >= 15 is 0 Å². The Labute approximate surface area is 149 Å². The first-order chi connectivity index (χ1) is 8.44. The number of aliphatic hydroxyl groups is 2. The van der Waals surface area contributed by atoms with Crippen molar-refractivity contribution in [2.24, 2.45) is 0 Å². The summed E-state index contributed by atoms with van der Waals surface area (Å²) >= 11 is 39.8. The van der Waals surface area contributed by atoms with Gasteiger partial charge in [0, 0.05) is 0 Å². The molecule has 0 bridgehead atoms. The van der Waals surface area contributed by atoms with Gasteiger partial charge in [-0.1, -0.05) is 93.6 Å². The second-order valence-corrected chi connectivity index (χ2v) is 9.89. The zero-order valence-electron chi connectivity index (χ0n) is 8.94. The van der Waals surface area contributed by atoms with Crippen molar-refractivity contribution < 1.29 is 10.2 Å². The second kappa shape index (κ2) is 6.96. The summed E-state index contributed by atoms with van der Waals surface area (Å²) in [6.07, 6.45) is -2.87. The maximum absolute atomic E-state index is 9.91. The molecule has 1 rings (SSSR count). The number of thiocarbonyl (C=S) groups is 1. The van der Waals surface area contributed by atoms with Crippen molar-refractivity contribution in [1.82, 2.24) is 9.80 Å². The van der Waals surface area contributed by atoms with Crippen LogP contribution in [-0.2, 0) is 0 Å². The first-order valence-corrected chi connectivity index (χ1v) is 8.27. The maximum atomic E-state index is 9.91. The summed E-state index contributed by atoms with van der Waals surface area (Å²) < 4.78 is -3.55. The van der Waals surface area contributed by atoms with E-state index < -0.39 is 20.0 Å². The fourth-order valence-corrected chi connectivity index (χ4v) is 3.13. The van der Waals surface area contributed by atoms with Crippen molar-refractivity contribution in [3.8, 4) is 0 Å². The van der Waals surface area contributed by atoms with E-state index in [0.717, 1.165) is 11.8 Å². The predicted octanol–water partition coefficient (Wildman–Crippen LogP) is 2.91. The molecule has 2 atom stereocenters. The molecule has 112 valence electrons. The highest BCUT2D eigenvalue weighted by atomic mass is 35.6. The summed E-state index contributed by atoms with van der Waals surface area (Å²) in [4.78, 5) is 2.59. The lowest BCUT2D eigenvalue weighted by Crippen LogP contribution is -2.58. The smallest absolute Gasteiger partial charge is 0.234 e. The van der Waals surface area contributed by atoms with Gasteiger partial charge in [-0.05, 0) is 0 Å². The van der Waals surface area contributed by atoms with Gasteiger partial charge in [0.05, 0.1) is 12.5 Å². The van der Waals surface area contributed by atoms with Gasteiger partial charge in [-0.25, -0.2) is 4.90 Å². The monoisotopic (exact) mass is 426 g/mol. The van der Waals surface area contributed by atoms with Crippen LogP contribution in [-0.4, -0.2) is 56.9 Å². The van der Waals surface area contributed by atoms with Gasteiger partial charge in [0.2, 0.25) is 7.59 Å². The predicted molar refractivity (Wildman–Crippen MR) is 86.2 cm³/mol. The Kier molecular flexibility index (Phi) is 6.93. The van der Waals surface area contributed by atoms with Crippen molar-refractivity contribution in [2.45, 2.75) is 20.0 Å². The van der Waals surface area contributed by atoms with Crippen LogP contribution in [0.3, 0.4) is 0 Å². The Morgan fingerprint density at radius 2 is 1.53 bits per heavy atom. The zero-order chi connectivity index (χ0) is 15.0. The third-order valence-electron chi connectivity index (χ3n) is 2.15. The van der Waals surface area contributed by atoms with Crippen LogP contribution in [0.4, 0.5) is 0 Å². The van der Waals surface area contributed by atoms with Crippen molar-refractivity contribution in [2.75, 3.05) is 12.5 Å². The van der Waals surface area contributed by atoms with Gasteiger partial charge >= 0.3 is 0 Å². The quantitative estimate of drug-likeness (QED) is 0.521. The zero-order valence-corrected chi connectivity index (χ0v) is 15.1. The normalized spacial score (nSPS) is 22.5. The van der Waals surface area contributed by atoms with E-state index in [1.54, 1.807) is 0 Å². The lowest BCUT2D eigenvalue weighted by molar-refractivity contribution is -0.0394. The van der Waals surface area contributed by atoms with Gasteiger partial charge in [-0.15, -0.1) is 0 Å². The highest BCUT2D eigenvalue weighted by Gasteiger charge is 2.43. The van der Waals surface area contributed by atoms with E-state index in [9.17, 15) is 10.2 Å². The highest BCUT2D eigenvalue weighted by Crippen LogP contribution is 2.38. The highest BCUT2D eigenvalue weighted by molar-refractivity contribution is 8.22. The van der Waals surface area contributed by atoms with Crippen molar-refractivity contribution >= 4 is 97.9 Å². The first kappa shape index (κ1) is 18.9. The molecule has 1 heterocycles. The number of alkyl halides is 6. The van der Waals surface area contributed by atoms with Crippen LogP contribution in [0.25, 0.3) is 0 Å². The summed E-state index contributed by atoms with van der Waals surface area (Å²) in [5.74, 6) is 0.275. The van der Waals surface area contributed by atoms with Gasteiger partial charge in [-0.2, -0.15) is 0 Å². The molecule has 12 heteroatoms. The fourth-order valence-electron chi connectivity index (χ4n) is 1.22. The number of rotatable bonds is 2. The lowest BCUT2D eigenvalue weighted by Gasteiger charge is -2.43. The molecule has 0 aliphatic carbocycles. The maximum Gasteiger partial charge on any atom is 0.234 e. The van der Waals surface area contributed by atoms with Crippen LogP contribution in [0.5, 0.6) is 0 Å². The average molecular weight is 429 g/mol. The third-order valence-corrected chi connectivity index (χ3v) is 4.85. The van der Waals surface area contributed by atoms with E-state index in [1.165, 1.54) is 9.80 Å². The molecule has 4 nitrogen and oxygen atoms in total. The number of hydrogen-bond acceptors (Lipinski definition) is 5. The molecule has 0 saturated carbocycles. The summed E-state index contributed by atoms with van der Waals surface area (Å²) in [7, 11) is 0. The molecule has 0 spiro atoms. The summed E-state index contributed by atoms with van der Waals surface area (Å²) in [6.45, 7) is -0.0456. The minimum Gasteiger partial charge on any atom is -0.374 e. The molecule has 0 aromatic carbocycles. The van der Waals surface area contributed by atoms with E-state index in [-0.39, 0.29) is 12.5 Å². The van der Waals surface area contributed by atoms with Crippen LogP contribution in [0.2, 0.25) is 0 Å². The van der Waals surface area contributed by atoms with Crippen LogP contribution in [0.15, 0.2) is 0 Å². The molecule has 0 aromatic heterocycles. The average Bonchev–Trinajstić information content (AvgIpc) is 2.25. The Morgan fingerprint density at radius 1 is 1.05 bits per heavy atom. The van der Waals surface area contributed by atoms with E-state index in [0.29, 0.717) is 4.32 Å². The number of thioether (sulfide) groups is 1. The summed E-state index contributed by atoms with van der Waals surface area (Å²) in [5, 5.41) is 19.8. The van der Waals surface area contributed by atoms with Crippen LogP contribution in [0, 0.1) is 0 Å². The third kappa shape index (κ3) is 5.21. The SMILES string of the molecule is O[C@H](N1CN([C@H](O)C(Cl)(Cl)Cl)CSC1=S)C(Cl)(Cl)Cl. The largest absolute Gasteiger partial charge is 0.374 e. The molecule has 0 aromatic rings. The van der Waals surface area contributed by atoms with Crippen molar-refractivity contribution in [1.29, 1.82) is 0 Å². The Hall–Kier alpha value is 1.86. The van der Waals surface area contributed by atoms with E-state index in [2.05, 4.69) is 0 Å². The van der Waals surface area contributed by atoms with Gasteiger partial charge < -0.3 is 15.1 Å². The number of halogens is 6.